The highest BCUT2D eigenvalue weighted by Gasteiger charge is 2.30. The number of nitrogens with zero attached hydrogens (tertiary/aromatic N) is 1. The zero-order chi connectivity index (χ0) is 19.7. The summed E-state index contributed by atoms with van der Waals surface area (Å²) in [5.74, 6) is -0.216. The smallest absolute Gasteiger partial charge is 0.273 e. The second-order valence-electron chi connectivity index (χ2n) is 6.78. The predicted octanol–water partition coefficient (Wildman–Crippen LogP) is 4.45. The first-order valence-corrected chi connectivity index (χ1v) is 11.3. The van der Waals surface area contributed by atoms with E-state index in [0.717, 1.165) is 24.0 Å². The minimum absolute atomic E-state index is 0.216. The van der Waals surface area contributed by atoms with Crippen molar-refractivity contribution in [3.05, 3.63) is 76.7 Å². The van der Waals surface area contributed by atoms with Crippen LogP contribution in [0.5, 0.6) is 0 Å². The van der Waals surface area contributed by atoms with Crippen molar-refractivity contribution in [2.45, 2.75) is 24.0 Å². The van der Waals surface area contributed by atoms with Gasteiger partial charge in [0.05, 0.1) is 5.69 Å². The number of aryl methyl sites for hydroxylation is 2. The van der Waals surface area contributed by atoms with Crippen LogP contribution >= 0.6 is 11.3 Å². The summed E-state index contributed by atoms with van der Waals surface area (Å²) in [6, 6.07) is 16.2. The monoisotopic (exact) mass is 412 g/mol. The van der Waals surface area contributed by atoms with E-state index in [4.69, 9.17) is 0 Å². The minimum Gasteiger partial charge on any atom is -0.322 e. The van der Waals surface area contributed by atoms with Gasteiger partial charge < -0.3 is 5.32 Å². The maximum Gasteiger partial charge on any atom is 0.273 e. The highest BCUT2D eigenvalue weighted by molar-refractivity contribution is 7.94. The number of anilines is 2. The second-order valence-corrected chi connectivity index (χ2v) is 9.82. The van der Waals surface area contributed by atoms with Gasteiger partial charge in [-0.2, -0.15) is 0 Å². The van der Waals surface area contributed by atoms with Gasteiger partial charge in [-0.1, -0.05) is 29.8 Å². The molecule has 2 aromatic carbocycles. The van der Waals surface area contributed by atoms with Gasteiger partial charge in [0.25, 0.3) is 15.9 Å². The van der Waals surface area contributed by atoms with Gasteiger partial charge in [0.1, 0.15) is 4.21 Å². The Bertz CT molecular complexity index is 1120. The maximum absolute atomic E-state index is 13.1. The lowest BCUT2D eigenvalue weighted by atomic mass is 10.0. The van der Waals surface area contributed by atoms with Crippen LogP contribution < -0.4 is 9.62 Å². The lowest BCUT2D eigenvalue weighted by Crippen LogP contribution is -2.35. The number of thiophene rings is 1. The molecule has 4 rings (SSSR count). The van der Waals surface area contributed by atoms with E-state index in [2.05, 4.69) is 5.32 Å². The molecule has 1 aliphatic heterocycles. The number of rotatable bonds is 4. The minimum atomic E-state index is -3.60. The summed E-state index contributed by atoms with van der Waals surface area (Å²) < 4.78 is 27.9. The molecule has 7 heteroatoms. The number of carbonyl (C=O) groups is 1. The van der Waals surface area contributed by atoms with Gasteiger partial charge in [0.2, 0.25) is 0 Å². The molecule has 0 radical (unpaired) electrons. The largest absolute Gasteiger partial charge is 0.322 e. The van der Waals surface area contributed by atoms with Crippen molar-refractivity contribution in [2.24, 2.45) is 0 Å². The number of amides is 1. The average molecular weight is 413 g/mol. The molecule has 1 amide bonds. The summed E-state index contributed by atoms with van der Waals surface area (Å²) in [5.41, 5.74) is 3.77. The fraction of sp³-hybridized carbons (Fsp3) is 0.190. The maximum atomic E-state index is 13.1. The summed E-state index contributed by atoms with van der Waals surface area (Å²) >= 11 is 1.21. The van der Waals surface area contributed by atoms with Crippen molar-refractivity contribution in [3.8, 4) is 0 Å². The zero-order valence-corrected chi connectivity index (χ0v) is 17.0. The summed E-state index contributed by atoms with van der Waals surface area (Å²) in [6.07, 6.45) is 1.59. The summed E-state index contributed by atoms with van der Waals surface area (Å²) in [4.78, 5) is 12.6. The van der Waals surface area contributed by atoms with Crippen molar-refractivity contribution in [1.29, 1.82) is 0 Å². The topological polar surface area (TPSA) is 66.5 Å². The number of carbonyl (C=O) groups excluding carboxylic acids is 1. The zero-order valence-electron chi connectivity index (χ0n) is 15.4. The molecular weight excluding hydrogens is 392 g/mol. The number of hydrogen-bond acceptors (Lipinski definition) is 4. The van der Waals surface area contributed by atoms with Crippen LogP contribution in [0.4, 0.5) is 11.4 Å². The van der Waals surface area contributed by atoms with Crippen LogP contribution in [-0.2, 0) is 16.4 Å². The molecule has 5 nitrogen and oxygen atoms in total. The summed E-state index contributed by atoms with van der Waals surface area (Å²) in [6.45, 7) is 2.37. The Hall–Kier alpha value is -2.64. The number of sulfonamides is 1. The second kappa shape index (κ2) is 7.41. The molecule has 1 aromatic heterocycles. The molecule has 0 bridgehead atoms. The van der Waals surface area contributed by atoms with Crippen LogP contribution in [0.15, 0.2) is 64.2 Å². The SMILES string of the molecule is Cc1cccc(C(=O)Nc2ccc3c(c2)N(S(=O)(=O)c2cccs2)CCC3)c1. The molecular formula is C21H20N2O3S2. The van der Waals surface area contributed by atoms with Crippen LogP contribution in [0.25, 0.3) is 0 Å². The Morgan fingerprint density at radius 1 is 1.11 bits per heavy atom. The first kappa shape index (κ1) is 18.7. The van der Waals surface area contributed by atoms with Crippen molar-refractivity contribution in [1.82, 2.24) is 0 Å². The van der Waals surface area contributed by atoms with Crippen molar-refractivity contribution < 1.29 is 13.2 Å². The third-order valence-electron chi connectivity index (χ3n) is 4.74. The molecule has 1 aliphatic rings. The van der Waals surface area contributed by atoms with E-state index in [1.165, 1.54) is 15.6 Å². The molecule has 0 saturated heterocycles. The van der Waals surface area contributed by atoms with Crippen LogP contribution in [-0.4, -0.2) is 20.9 Å². The number of hydrogen-bond donors (Lipinski definition) is 1. The first-order chi connectivity index (χ1) is 13.4. The predicted molar refractivity (Wildman–Crippen MR) is 113 cm³/mol. The van der Waals surface area contributed by atoms with Gasteiger partial charge in [0, 0.05) is 17.8 Å². The number of benzene rings is 2. The fourth-order valence-corrected chi connectivity index (χ4v) is 6.01. The summed E-state index contributed by atoms with van der Waals surface area (Å²) in [5, 5.41) is 4.64. The van der Waals surface area contributed by atoms with Crippen LogP contribution in [0.3, 0.4) is 0 Å². The van der Waals surface area contributed by atoms with Gasteiger partial charge in [-0.3, -0.25) is 9.10 Å². The van der Waals surface area contributed by atoms with E-state index < -0.39 is 10.0 Å². The lowest BCUT2D eigenvalue weighted by Gasteiger charge is -2.30. The number of fused-ring (bicyclic) bond motifs is 1. The molecule has 0 fully saturated rings. The van der Waals surface area contributed by atoms with Crippen LogP contribution in [0, 0.1) is 6.92 Å². The fourth-order valence-electron chi connectivity index (χ4n) is 3.38. The first-order valence-electron chi connectivity index (χ1n) is 9.02. The van der Waals surface area contributed by atoms with Crippen LogP contribution in [0.1, 0.15) is 27.9 Å². The van der Waals surface area contributed by atoms with E-state index >= 15 is 0 Å². The Balaban J connectivity index is 1.66. The standard InChI is InChI=1S/C21H20N2O3S2/c1-15-5-2-6-17(13-15)21(24)22-18-10-9-16-7-3-11-23(19(16)14-18)28(25,26)20-8-4-12-27-20/h2,4-6,8-10,12-14H,3,7,11H2,1H3,(H,22,24). The van der Waals surface area contributed by atoms with E-state index in [1.807, 2.05) is 37.3 Å². The normalized spacial score (nSPS) is 13.8. The third kappa shape index (κ3) is 3.55. The molecule has 0 saturated carbocycles. The molecule has 0 atom stereocenters. The Labute approximate surface area is 168 Å². The Morgan fingerprint density at radius 3 is 2.71 bits per heavy atom. The summed E-state index contributed by atoms with van der Waals surface area (Å²) in [7, 11) is -3.60. The van der Waals surface area contributed by atoms with Crippen LogP contribution in [0.2, 0.25) is 0 Å². The number of nitrogens with one attached hydrogen (secondary N) is 1. The molecule has 1 N–H and O–H groups in total. The molecule has 0 spiro atoms. The van der Waals surface area contributed by atoms with Crippen molar-refractivity contribution in [2.75, 3.05) is 16.2 Å². The molecule has 28 heavy (non-hydrogen) atoms. The van der Waals surface area contributed by atoms with Crippen molar-refractivity contribution >= 4 is 38.6 Å². The van der Waals surface area contributed by atoms with E-state index in [0.29, 0.717) is 27.7 Å². The van der Waals surface area contributed by atoms with E-state index in [9.17, 15) is 13.2 Å². The van der Waals surface area contributed by atoms with Gasteiger partial charge in [0.15, 0.2) is 0 Å². The molecule has 2 heterocycles. The van der Waals surface area contributed by atoms with Gasteiger partial charge >= 0.3 is 0 Å². The molecule has 144 valence electrons. The van der Waals surface area contributed by atoms with Gasteiger partial charge in [-0.15, -0.1) is 11.3 Å². The average Bonchev–Trinajstić information content (AvgIpc) is 3.23. The Kier molecular flexibility index (Phi) is 4.95. The van der Waals surface area contributed by atoms with Gasteiger partial charge in [-0.05, 0) is 61.0 Å². The van der Waals surface area contributed by atoms with E-state index in [1.54, 1.807) is 29.6 Å². The van der Waals surface area contributed by atoms with Crippen molar-refractivity contribution in [3.63, 3.8) is 0 Å². The lowest BCUT2D eigenvalue weighted by molar-refractivity contribution is 0.102. The molecule has 0 aliphatic carbocycles. The third-order valence-corrected chi connectivity index (χ3v) is 7.93. The molecule has 3 aromatic rings. The van der Waals surface area contributed by atoms with Gasteiger partial charge in [-0.25, -0.2) is 8.42 Å². The quantitative estimate of drug-likeness (QED) is 0.688. The highest BCUT2D eigenvalue weighted by Crippen LogP contribution is 2.35. The Morgan fingerprint density at radius 2 is 1.96 bits per heavy atom. The van der Waals surface area contributed by atoms with E-state index in [-0.39, 0.29) is 5.91 Å². The highest BCUT2D eigenvalue weighted by atomic mass is 32.2. The molecule has 0 unspecified atom stereocenters.